The molecule has 44 heavy (non-hydrogen) atoms. The van der Waals surface area contributed by atoms with Crippen LogP contribution in [0, 0.1) is 34.5 Å². The molecular formula is C40H52O4. The van der Waals surface area contributed by atoms with E-state index in [2.05, 4.69) is 78.0 Å². The van der Waals surface area contributed by atoms with Crippen molar-refractivity contribution in [3.63, 3.8) is 0 Å². The highest BCUT2D eigenvalue weighted by Gasteiger charge is 2.45. The number of hydrogen-bond acceptors (Lipinski definition) is 4. The summed E-state index contributed by atoms with van der Waals surface area (Å²) in [6.45, 7) is 20.1. The standard InChI is InChI=1S/C40H52O4/c1-27(17-13-19-29(3)21-23-33-31(5)37(43)35(41)25-39(33,7)8)15-11-12-16-28(2)18-14-20-30(4)22-24-34-32(6)38(44)36(42)26-40(34,9)10/h11-24,31-34H,25-26H2,1-10H3. The average Bonchev–Trinajstić information content (AvgIpc) is 2.92. The molecule has 0 aliphatic heterocycles. The van der Waals surface area contributed by atoms with E-state index in [1.54, 1.807) is 0 Å². The van der Waals surface area contributed by atoms with Crippen LogP contribution in [-0.2, 0) is 19.2 Å². The van der Waals surface area contributed by atoms with E-state index >= 15 is 0 Å². The molecule has 0 radical (unpaired) electrons. The number of carbonyl (C=O) groups excluding carboxylic acids is 4. The maximum absolute atomic E-state index is 12.2. The van der Waals surface area contributed by atoms with Crippen LogP contribution in [0.4, 0.5) is 0 Å². The van der Waals surface area contributed by atoms with Crippen molar-refractivity contribution in [1.82, 2.24) is 0 Å². The van der Waals surface area contributed by atoms with Gasteiger partial charge < -0.3 is 0 Å². The molecule has 0 amide bonds. The summed E-state index contributed by atoms with van der Waals surface area (Å²) in [6, 6.07) is 0. The van der Waals surface area contributed by atoms with Crippen molar-refractivity contribution in [3.8, 4) is 0 Å². The van der Waals surface area contributed by atoms with Crippen molar-refractivity contribution < 1.29 is 19.2 Å². The Bertz CT molecular complexity index is 1290. The first-order chi connectivity index (χ1) is 20.5. The lowest BCUT2D eigenvalue weighted by Crippen LogP contribution is -2.43. The minimum Gasteiger partial charge on any atom is -0.291 e. The van der Waals surface area contributed by atoms with Gasteiger partial charge in [0.05, 0.1) is 0 Å². The van der Waals surface area contributed by atoms with E-state index in [9.17, 15) is 19.2 Å². The van der Waals surface area contributed by atoms with E-state index in [0.29, 0.717) is 12.8 Å². The van der Waals surface area contributed by atoms with Gasteiger partial charge in [0.25, 0.3) is 0 Å². The van der Waals surface area contributed by atoms with E-state index in [1.165, 1.54) is 0 Å². The first kappa shape index (κ1) is 36.5. The highest BCUT2D eigenvalue weighted by molar-refractivity contribution is 6.39. The summed E-state index contributed by atoms with van der Waals surface area (Å²) in [5.41, 5.74) is 3.96. The number of ketones is 4. The lowest BCUT2D eigenvalue weighted by Gasteiger charge is -2.39. The van der Waals surface area contributed by atoms with Crippen LogP contribution in [0.2, 0.25) is 0 Å². The van der Waals surface area contributed by atoms with E-state index in [4.69, 9.17) is 0 Å². The molecule has 0 saturated heterocycles. The first-order valence-corrected chi connectivity index (χ1v) is 15.7. The van der Waals surface area contributed by atoms with E-state index in [0.717, 1.165) is 22.3 Å². The Labute approximate surface area is 265 Å². The van der Waals surface area contributed by atoms with Crippen molar-refractivity contribution in [2.24, 2.45) is 34.5 Å². The summed E-state index contributed by atoms with van der Waals surface area (Å²) in [4.78, 5) is 48.3. The molecule has 0 heterocycles. The Morgan fingerprint density at radius 2 is 0.818 bits per heavy atom. The van der Waals surface area contributed by atoms with E-state index in [1.807, 2.05) is 76.3 Å². The molecule has 0 aromatic rings. The average molecular weight is 597 g/mol. The second kappa shape index (κ2) is 15.9. The molecule has 0 aromatic heterocycles. The van der Waals surface area contributed by atoms with Crippen LogP contribution >= 0.6 is 0 Å². The van der Waals surface area contributed by atoms with Crippen LogP contribution in [0.5, 0.6) is 0 Å². The fourth-order valence-electron chi connectivity index (χ4n) is 6.13. The van der Waals surface area contributed by atoms with Crippen LogP contribution in [0.3, 0.4) is 0 Å². The minimum atomic E-state index is -0.287. The Kier molecular flexibility index (Phi) is 13.2. The van der Waals surface area contributed by atoms with Crippen molar-refractivity contribution in [2.45, 2.75) is 82.1 Å². The number of rotatable bonds is 10. The maximum Gasteiger partial charge on any atom is 0.201 e. The fraction of sp³-hybridized carbons (Fsp3) is 0.450. The van der Waals surface area contributed by atoms with Gasteiger partial charge in [0.2, 0.25) is 11.6 Å². The van der Waals surface area contributed by atoms with Gasteiger partial charge in [-0.2, -0.15) is 0 Å². The van der Waals surface area contributed by atoms with E-state index in [-0.39, 0.29) is 57.6 Å². The van der Waals surface area contributed by atoms with Crippen molar-refractivity contribution in [3.05, 3.63) is 107 Å². The monoisotopic (exact) mass is 596 g/mol. The zero-order valence-electron chi connectivity index (χ0n) is 28.4. The second-order valence-corrected chi connectivity index (χ2v) is 14.0. The van der Waals surface area contributed by atoms with Crippen LogP contribution in [0.25, 0.3) is 0 Å². The smallest absolute Gasteiger partial charge is 0.201 e. The molecule has 4 heteroatoms. The second-order valence-electron chi connectivity index (χ2n) is 14.0. The molecule has 2 aliphatic carbocycles. The summed E-state index contributed by atoms with van der Waals surface area (Å²) >= 11 is 0. The molecule has 2 rings (SSSR count). The van der Waals surface area contributed by atoms with Gasteiger partial charge in [0.1, 0.15) is 0 Å². The lowest BCUT2D eigenvalue weighted by atomic mass is 9.63. The van der Waals surface area contributed by atoms with Gasteiger partial charge >= 0.3 is 0 Å². The van der Waals surface area contributed by atoms with Gasteiger partial charge in [0.15, 0.2) is 11.6 Å². The molecule has 4 nitrogen and oxygen atoms in total. The zero-order chi connectivity index (χ0) is 33.2. The molecule has 4 atom stereocenters. The summed E-state index contributed by atoms with van der Waals surface area (Å²) in [5, 5.41) is 0. The molecule has 2 fully saturated rings. The summed E-state index contributed by atoms with van der Waals surface area (Å²) in [6.07, 6.45) is 29.2. The highest BCUT2D eigenvalue weighted by atomic mass is 16.2. The normalized spacial score (nSPS) is 27.8. The number of hydrogen-bond donors (Lipinski definition) is 0. The Balaban J connectivity index is 1.91. The van der Waals surface area contributed by atoms with Gasteiger partial charge in [-0.25, -0.2) is 0 Å². The van der Waals surface area contributed by atoms with Crippen LogP contribution in [0.1, 0.15) is 82.1 Å². The molecule has 2 saturated carbocycles. The van der Waals surface area contributed by atoms with Crippen LogP contribution in [0.15, 0.2) is 107 Å². The SMILES string of the molecule is CC(C=CC=C(C)C=CC1C(C)C(=O)C(=O)CC1(C)C)=CC=CC=C(C)C=CC=C(C)C=CC1C(C)C(=O)C(=O)CC1(C)C. The fourth-order valence-corrected chi connectivity index (χ4v) is 6.13. The number of Topliss-reactive ketones (excluding diaryl/α,β-unsaturated/α-hetero) is 4. The van der Waals surface area contributed by atoms with Gasteiger partial charge in [-0.3, -0.25) is 19.2 Å². The Hall–Kier alpha value is -3.66. The molecule has 2 aliphatic rings. The molecule has 236 valence electrons. The molecule has 0 N–H and O–H groups in total. The lowest BCUT2D eigenvalue weighted by molar-refractivity contribution is -0.145. The predicted molar refractivity (Wildman–Crippen MR) is 183 cm³/mol. The molecule has 0 aromatic carbocycles. The van der Waals surface area contributed by atoms with Crippen LogP contribution in [-0.4, -0.2) is 23.1 Å². The highest BCUT2D eigenvalue weighted by Crippen LogP contribution is 2.43. The minimum absolute atomic E-state index is 0.0416. The molecule has 0 spiro atoms. The van der Waals surface area contributed by atoms with Gasteiger partial charge in [-0.05, 0) is 50.4 Å². The largest absolute Gasteiger partial charge is 0.291 e. The maximum atomic E-state index is 12.2. The first-order valence-electron chi connectivity index (χ1n) is 15.7. The number of allylic oxidation sites excluding steroid dienone is 18. The van der Waals surface area contributed by atoms with Gasteiger partial charge in [-0.15, -0.1) is 0 Å². The predicted octanol–water partition coefficient (Wildman–Crippen LogP) is 9.19. The third kappa shape index (κ3) is 10.5. The summed E-state index contributed by atoms with van der Waals surface area (Å²) in [5.74, 6) is -1.48. The third-order valence-corrected chi connectivity index (χ3v) is 8.89. The number of carbonyl (C=O) groups is 4. The van der Waals surface area contributed by atoms with Crippen LogP contribution < -0.4 is 0 Å². The zero-order valence-corrected chi connectivity index (χ0v) is 28.4. The van der Waals surface area contributed by atoms with Crippen molar-refractivity contribution in [1.29, 1.82) is 0 Å². The van der Waals surface area contributed by atoms with E-state index < -0.39 is 0 Å². The molecular weight excluding hydrogens is 544 g/mol. The van der Waals surface area contributed by atoms with Crippen molar-refractivity contribution in [2.75, 3.05) is 0 Å². The van der Waals surface area contributed by atoms with Gasteiger partial charge in [0, 0.05) is 24.7 Å². The quantitative estimate of drug-likeness (QED) is 0.186. The van der Waals surface area contributed by atoms with Crippen molar-refractivity contribution >= 4 is 23.1 Å². The van der Waals surface area contributed by atoms with Gasteiger partial charge in [-0.1, -0.05) is 149 Å². The molecule has 4 unspecified atom stereocenters. The topological polar surface area (TPSA) is 68.3 Å². The summed E-state index contributed by atoms with van der Waals surface area (Å²) < 4.78 is 0. The Morgan fingerprint density at radius 1 is 0.523 bits per heavy atom. The Morgan fingerprint density at radius 3 is 1.16 bits per heavy atom. The summed E-state index contributed by atoms with van der Waals surface area (Å²) in [7, 11) is 0. The molecule has 0 bridgehead atoms. The third-order valence-electron chi connectivity index (χ3n) is 8.89.